The van der Waals surface area contributed by atoms with Crippen LogP contribution in [0.2, 0.25) is 0 Å². The Balaban J connectivity index is 3.11. The van der Waals surface area contributed by atoms with Gasteiger partial charge in [-0.2, -0.15) is 8.42 Å². The van der Waals surface area contributed by atoms with Crippen molar-refractivity contribution in [3.05, 3.63) is 22.8 Å². The summed E-state index contributed by atoms with van der Waals surface area (Å²) in [5.41, 5.74) is 0. The van der Waals surface area contributed by atoms with Crippen LogP contribution in [0.3, 0.4) is 0 Å². The van der Waals surface area contributed by atoms with Gasteiger partial charge in [0.1, 0.15) is 10.7 Å². The lowest BCUT2D eigenvalue weighted by molar-refractivity contribution is 0.214. The Morgan fingerprint density at radius 2 is 2.08 bits per heavy atom. The molecule has 0 aromatic rings. The molecule has 0 aromatic carbocycles. The first-order valence-electron chi connectivity index (χ1n) is 3.17. The molecule has 0 amide bonds. The van der Waals surface area contributed by atoms with Gasteiger partial charge < -0.3 is 10.2 Å². The van der Waals surface area contributed by atoms with Crippen LogP contribution < -0.4 is 0 Å². The molecule has 0 bridgehead atoms. The quantitative estimate of drug-likeness (QED) is 0.507. The van der Waals surface area contributed by atoms with Gasteiger partial charge in [-0.05, 0) is 12.2 Å². The second kappa shape index (κ2) is 2.89. The van der Waals surface area contributed by atoms with Crippen LogP contribution in [0.4, 0.5) is 0 Å². The van der Waals surface area contributed by atoms with Gasteiger partial charge in [-0.25, -0.2) is 0 Å². The highest BCUT2D eigenvalue weighted by Crippen LogP contribution is 2.20. The van der Waals surface area contributed by atoms with Crippen LogP contribution >= 0.6 is 0 Å². The van der Waals surface area contributed by atoms with E-state index in [1.54, 1.807) is 0 Å². The molecule has 0 saturated heterocycles. The fraction of sp³-hybridized carbons (Fsp3) is 0.333. The second-order valence-corrected chi connectivity index (χ2v) is 3.82. The highest BCUT2D eigenvalue weighted by molar-refractivity contribution is 7.89. The summed E-state index contributed by atoms with van der Waals surface area (Å²) in [4.78, 5) is -0.567. The first kappa shape index (κ1) is 9.24. The third-order valence-corrected chi connectivity index (χ3v) is 2.45. The summed E-state index contributed by atoms with van der Waals surface area (Å²) in [6.45, 7) is 0. The molecular weight excluding hydrogens is 184 g/mol. The summed E-state index contributed by atoms with van der Waals surface area (Å²) in [6, 6.07) is 0. The van der Waals surface area contributed by atoms with E-state index < -0.39 is 21.1 Å². The summed E-state index contributed by atoms with van der Waals surface area (Å²) in [5.74, 6) is -0.270. The zero-order chi connectivity index (χ0) is 9.35. The Labute approximate surface area is 69.4 Å². The number of rotatable bonds is 1. The highest BCUT2D eigenvalue weighted by atomic mass is 32.2. The van der Waals surface area contributed by atoms with Gasteiger partial charge >= 0.3 is 0 Å². The maximum atomic E-state index is 10.5. The number of hydrogen-bond acceptors (Lipinski definition) is 4. The van der Waals surface area contributed by atoms with Crippen molar-refractivity contribution in [3.63, 3.8) is 0 Å². The van der Waals surface area contributed by atoms with Crippen molar-refractivity contribution >= 4 is 10.1 Å². The van der Waals surface area contributed by atoms with Crippen LogP contribution in [0.25, 0.3) is 0 Å². The Morgan fingerprint density at radius 1 is 1.50 bits per heavy atom. The van der Waals surface area contributed by atoms with Gasteiger partial charge in [0.25, 0.3) is 10.1 Å². The molecule has 1 aliphatic carbocycles. The van der Waals surface area contributed by atoms with Gasteiger partial charge in [-0.1, -0.05) is 0 Å². The third kappa shape index (κ3) is 1.84. The molecule has 0 aliphatic heterocycles. The maximum Gasteiger partial charge on any atom is 0.293 e. The number of aliphatic hydroxyl groups is 2. The Morgan fingerprint density at radius 3 is 2.50 bits per heavy atom. The van der Waals surface area contributed by atoms with Gasteiger partial charge in [0.2, 0.25) is 0 Å². The van der Waals surface area contributed by atoms with E-state index in [1.165, 1.54) is 6.08 Å². The van der Waals surface area contributed by atoms with Gasteiger partial charge in [0.05, 0.1) is 6.10 Å². The van der Waals surface area contributed by atoms with Gasteiger partial charge in [-0.3, -0.25) is 4.55 Å². The van der Waals surface area contributed by atoms with Crippen molar-refractivity contribution in [3.8, 4) is 0 Å². The Bertz CT molecular complexity index is 337. The molecule has 0 radical (unpaired) electrons. The smallest absolute Gasteiger partial charge is 0.293 e. The third-order valence-electron chi connectivity index (χ3n) is 1.47. The molecule has 1 rings (SSSR count). The largest absolute Gasteiger partial charge is 0.508 e. The fourth-order valence-electron chi connectivity index (χ4n) is 0.896. The summed E-state index contributed by atoms with van der Waals surface area (Å²) in [7, 11) is -4.40. The highest BCUT2D eigenvalue weighted by Gasteiger charge is 2.25. The van der Waals surface area contributed by atoms with E-state index in [1.807, 2.05) is 0 Å². The van der Waals surface area contributed by atoms with Gasteiger partial charge in [-0.15, -0.1) is 0 Å². The standard InChI is InChI=1S/C6H8O5S/c7-4-1-2-5(8)6(3-4)12(9,10)11/h1,3,5,7-8H,2H2,(H,9,10,11). The van der Waals surface area contributed by atoms with E-state index in [0.717, 1.165) is 6.08 Å². The SMILES string of the molecule is O=S(=O)(O)C1=CC(O)=CCC1O. The molecule has 0 aromatic heterocycles. The zero-order valence-electron chi connectivity index (χ0n) is 6.01. The topological polar surface area (TPSA) is 94.8 Å². The molecule has 0 spiro atoms. The predicted molar refractivity (Wildman–Crippen MR) is 41.0 cm³/mol. The maximum absolute atomic E-state index is 10.5. The van der Waals surface area contributed by atoms with Crippen LogP contribution in [-0.2, 0) is 10.1 Å². The van der Waals surface area contributed by atoms with Gasteiger partial charge in [0, 0.05) is 6.42 Å². The number of aliphatic hydroxyl groups excluding tert-OH is 2. The van der Waals surface area contributed by atoms with Crippen LogP contribution in [-0.4, -0.2) is 29.3 Å². The Hall–Kier alpha value is -0.850. The first-order valence-corrected chi connectivity index (χ1v) is 4.61. The van der Waals surface area contributed by atoms with Crippen molar-refractivity contribution in [2.24, 2.45) is 0 Å². The van der Waals surface area contributed by atoms with E-state index in [0.29, 0.717) is 0 Å². The van der Waals surface area contributed by atoms with Crippen molar-refractivity contribution < 1.29 is 23.2 Å². The number of hydrogen-bond donors (Lipinski definition) is 3. The average Bonchev–Trinajstić information content (AvgIpc) is 1.92. The van der Waals surface area contributed by atoms with E-state index in [-0.39, 0.29) is 12.2 Å². The first-order chi connectivity index (χ1) is 5.41. The van der Waals surface area contributed by atoms with Crippen LogP contribution in [0.1, 0.15) is 6.42 Å². The molecule has 0 saturated carbocycles. The summed E-state index contributed by atoms with van der Waals surface area (Å²) in [5, 5.41) is 17.9. The average molecular weight is 192 g/mol. The summed E-state index contributed by atoms with van der Waals surface area (Å²) < 4.78 is 29.6. The lowest BCUT2D eigenvalue weighted by atomic mass is 10.1. The van der Waals surface area contributed by atoms with E-state index >= 15 is 0 Å². The molecule has 0 heterocycles. The molecule has 68 valence electrons. The monoisotopic (exact) mass is 192 g/mol. The minimum absolute atomic E-state index is 0.0164. The van der Waals surface area contributed by atoms with Crippen LogP contribution in [0.5, 0.6) is 0 Å². The van der Waals surface area contributed by atoms with Crippen molar-refractivity contribution in [1.29, 1.82) is 0 Å². The van der Waals surface area contributed by atoms with Crippen molar-refractivity contribution in [2.75, 3.05) is 0 Å². The molecule has 5 nitrogen and oxygen atoms in total. The molecule has 12 heavy (non-hydrogen) atoms. The molecule has 1 unspecified atom stereocenters. The number of allylic oxidation sites excluding steroid dienone is 1. The molecule has 3 N–H and O–H groups in total. The van der Waals surface area contributed by atoms with Crippen LogP contribution in [0, 0.1) is 0 Å². The second-order valence-electron chi connectivity index (χ2n) is 2.40. The van der Waals surface area contributed by atoms with Crippen LogP contribution in [0.15, 0.2) is 22.8 Å². The predicted octanol–water partition coefficient (Wildman–Crippen LogP) is -0.0354. The lowest BCUT2D eigenvalue weighted by Gasteiger charge is -2.14. The van der Waals surface area contributed by atoms with E-state index in [2.05, 4.69) is 0 Å². The fourth-order valence-corrected chi connectivity index (χ4v) is 1.61. The van der Waals surface area contributed by atoms with Crippen molar-refractivity contribution in [1.82, 2.24) is 0 Å². The minimum atomic E-state index is -4.40. The summed E-state index contributed by atoms with van der Waals surface area (Å²) >= 11 is 0. The molecule has 6 heteroatoms. The Kier molecular flexibility index (Phi) is 2.22. The molecular formula is C6H8O5S. The molecule has 0 fully saturated rings. The minimum Gasteiger partial charge on any atom is -0.508 e. The van der Waals surface area contributed by atoms with E-state index in [4.69, 9.17) is 14.8 Å². The normalized spacial score (nSPS) is 24.7. The molecule has 1 atom stereocenters. The zero-order valence-corrected chi connectivity index (χ0v) is 6.82. The van der Waals surface area contributed by atoms with E-state index in [9.17, 15) is 8.42 Å². The van der Waals surface area contributed by atoms with Crippen molar-refractivity contribution in [2.45, 2.75) is 12.5 Å². The van der Waals surface area contributed by atoms with Gasteiger partial charge in [0.15, 0.2) is 0 Å². The summed E-state index contributed by atoms with van der Waals surface area (Å²) in [6.07, 6.45) is 0.802. The molecule has 1 aliphatic rings. The lowest BCUT2D eigenvalue weighted by Crippen LogP contribution is -2.19.